The number of benzene rings is 2. The molecule has 0 spiro atoms. The van der Waals surface area contributed by atoms with E-state index in [-0.39, 0.29) is 5.57 Å². The lowest BCUT2D eigenvalue weighted by molar-refractivity contribution is -0.112. The van der Waals surface area contributed by atoms with Crippen LogP contribution in [0.3, 0.4) is 0 Å². The SMILES string of the molecule is COc1ccc(NC(=O)/C(C#N)=C\c2ccc(N3CCCCC3)cc2)cc1. The maximum atomic E-state index is 12.4. The average Bonchev–Trinajstić information content (AvgIpc) is 2.73. The predicted octanol–water partition coefficient (Wildman–Crippen LogP) is 4.23. The highest BCUT2D eigenvalue weighted by molar-refractivity contribution is 6.09. The zero-order valence-corrected chi connectivity index (χ0v) is 15.4. The molecule has 27 heavy (non-hydrogen) atoms. The highest BCUT2D eigenvalue weighted by Gasteiger charge is 2.12. The topological polar surface area (TPSA) is 65.4 Å². The molecule has 3 rings (SSSR count). The second-order valence-electron chi connectivity index (χ2n) is 6.49. The first-order valence-corrected chi connectivity index (χ1v) is 9.12. The Balaban J connectivity index is 1.69. The smallest absolute Gasteiger partial charge is 0.266 e. The largest absolute Gasteiger partial charge is 0.497 e. The number of piperidine rings is 1. The Labute approximate surface area is 159 Å². The minimum atomic E-state index is -0.428. The molecule has 1 aliphatic rings. The summed E-state index contributed by atoms with van der Waals surface area (Å²) in [5.74, 6) is 0.278. The molecule has 5 nitrogen and oxygen atoms in total. The Morgan fingerprint density at radius 2 is 1.74 bits per heavy atom. The number of amides is 1. The van der Waals surface area contributed by atoms with E-state index in [4.69, 9.17) is 4.74 Å². The quantitative estimate of drug-likeness (QED) is 0.639. The Kier molecular flexibility index (Phi) is 6.11. The monoisotopic (exact) mass is 361 g/mol. The van der Waals surface area contributed by atoms with Crippen LogP contribution in [-0.2, 0) is 4.79 Å². The summed E-state index contributed by atoms with van der Waals surface area (Å²) in [5.41, 5.74) is 2.70. The Morgan fingerprint density at radius 3 is 2.33 bits per heavy atom. The van der Waals surface area contributed by atoms with Gasteiger partial charge in [-0.15, -0.1) is 0 Å². The molecule has 0 unspecified atom stereocenters. The molecule has 0 aliphatic carbocycles. The van der Waals surface area contributed by atoms with Crippen molar-refractivity contribution in [3.63, 3.8) is 0 Å². The van der Waals surface area contributed by atoms with Crippen LogP contribution in [0.25, 0.3) is 6.08 Å². The third-order valence-electron chi connectivity index (χ3n) is 4.64. The van der Waals surface area contributed by atoms with Crippen LogP contribution in [-0.4, -0.2) is 26.1 Å². The van der Waals surface area contributed by atoms with Gasteiger partial charge in [0.2, 0.25) is 0 Å². The molecule has 1 fully saturated rings. The standard InChI is InChI=1S/C22H23N3O2/c1-27-21-11-7-19(8-12-21)24-22(26)18(16-23)15-17-5-9-20(10-6-17)25-13-3-2-4-14-25/h5-12,15H,2-4,13-14H2,1H3,(H,24,26)/b18-15-. The van der Waals surface area contributed by atoms with Crippen molar-refractivity contribution in [2.24, 2.45) is 0 Å². The first-order valence-electron chi connectivity index (χ1n) is 9.12. The summed E-state index contributed by atoms with van der Waals surface area (Å²) in [4.78, 5) is 14.7. The van der Waals surface area contributed by atoms with Crippen LogP contribution in [0, 0.1) is 11.3 Å². The molecule has 1 saturated heterocycles. The number of carbonyl (C=O) groups is 1. The highest BCUT2D eigenvalue weighted by Crippen LogP contribution is 2.21. The van der Waals surface area contributed by atoms with Gasteiger partial charge in [-0.3, -0.25) is 4.79 Å². The van der Waals surface area contributed by atoms with Crippen LogP contribution in [0.5, 0.6) is 5.75 Å². The number of nitriles is 1. The van der Waals surface area contributed by atoms with E-state index in [0.717, 1.165) is 18.7 Å². The Morgan fingerprint density at radius 1 is 1.07 bits per heavy atom. The molecule has 1 amide bonds. The molecule has 0 aromatic heterocycles. The molecule has 138 valence electrons. The minimum absolute atomic E-state index is 0.0662. The van der Waals surface area contributed by atoms with Crippen LogP contribution < -0.4 is 15.0 Å². The van der Waals surface area contributed by atoms with Crippen molar-refractivity contribution in [1.29, 1.82) is 5.26 Å². The Hall–Kier alpha value is -3.26. The number of carbonyl (C=O) groups excluding carboxylic acids is 1. The molecule has 2 aromatic rings. The molecule has 1 heterocycles. The number of hydrogen-bond acceptors (Lipinski definition) is 4. The number of nitrogens with zero attached hydrogens (tertiary/aromatic N) is 2. The number of nitrogens with one attached hydrogen (secondary N) is 1. The molecule has 1 aliphatic heterocycles. The molecular formula is C22H23N3O2. The molecule has 0 bridgehead atoms. The van der Waals surface area contributed by atoms with Gasteiger partial charge in [0.1, 0.15) is 17.4 Å². The average molecular weight is 361 g/mol. The lowest BCUT2D eigenvalue weighted by atomic mass is 10.1. The second-order valence-corrected chi connectivity index (χ2v) is 6.49. The fourth-order valence-corrected chi connectivity index (χ4v) is 3.12. The van der Waals surface area contributed by atoms with E-state index in [9.17, 15) is 10.1 Å². The van der Waals surface area contributed by atoms with Crippen molar-refractivity contribution in [3.05, 3.63) is 59.7 Å². The van der Waals surface area contributed by atoms with E-state index in [1.54, 1.807) is 37.5 Å². The van der Waals surface area contributed by atoms with E-state index in [0.29, 0.717) is 11.4 Å². The first kappa shape index (κ1) is 18.5. The summed E-state index contributed by atoms with van der Waals surface area (Å²) in [7, 11) is 1.58. The predicted molar refractivity (Wildman–Crippen MR) is 108 cm³/mol. The van der Waals surface area contributed by atoms with Gasteiger partial charge in [-0.05, 0) is 67.3 Å². The van der Waals surface area contributed by atoms with E-state index in [1.807, 2.05) is 30.3 Å². The fourth-order valence-electron chi connectivity index (χ4n) is 3.12. The third-order valence-corrected chi connectivity index (χ3v) is 4.64. The second kappa shape index (κ2) is 8.91. The zero-order valence-electron chi connectivity index (χ0n) is 15.4. The molecular weight excluding hydrogens is 338 g/mol. The molecule has 0 radical (unpaired) electrons. The lowest BCUT2D eigenvalue weighted by Gasteiger charge is -2.28. The zero-order chi connectivity index (χ0) is 19.1. The highest BCUT2D eigenvalue weighted by atomic mass is 16.5. The normalized spacial score (nSPS) is 14.4. The van der Waals surface area contributed by atoms with E-state index in [2.05, 4.69) is 10.2 Å². The van der Waals surface area contributed by atoms with Gasteiger partial charge in [0.15, 0.2) is 0 Å². The van der Waals surface area contributed by atoms with E-state index in [1.165, 1.54) is 24.9 Å². The van der Waals surface area contributed by atoms with Crippen molar-refractivity contribution in [3.8, 4) is 11.8 Å². The van der Waals surface area contributed by atoms with Gasteiger partial charge in [0, 0.05) is 24.5 Å². The summed E-state index contributed by atoms with van der Waals surface area (Å²) >= 11 is 0. The number of methoxy groups -OCH3 is 1. The summed E-state index contributed by atoms with van der Waals surface area (Å²) in [6.07, 6.45) is 5.36. The summed E-state index contributed by atoms with van der Waals surface area (Å²) in [6, 6.07) is 17.0. The van der Waals surface area contributed by atoms with Gasteiger partial charge in [0.05, 0.1) is 7.11 Å². The van der Waals surface area contributed by atoms with Gasteiger partial charge >= 0.3 is 0 Å². The van der Waals surface area contributed by atoms with Crippen LogP contribution in [0.4, 0.5) is 11.4 Å². The van der Waals surface area contributed by atoms with Crippen molar-refractivity contribution in [2.75, 3.05) is 30.4 Å². The first-order chi connectivity index (χ1) is 13.2. The van der Waals surface area contributed by atoms with Crippen molar-refractivity contribution in [1.82, 2.24) is 0 Å². The molecule has 5 heteroatoms. The van der Waals surface area contributed by atoms with Gasteiger partial charge in [-0.25, -0.2) is 0 Å². The lowest BCUT2D eigenvalue weighted by Crippen LogP contribution is -2.29. The van der Waals surface area contributed by atoms with Crippen molar-refractivity contribution in [2.45, 2.75) is 19.3 Å². The van der Waals surface area contributed by atoms with Gasteiger partial charge in [-0.1, -0.05) is 12.1 Å². The van der Waals surface area contributed by atoms with Gasteiger partial charge in [-0.2, -0.15) is 5.26 Å². The van der Waals surface area contributed by atoms with Crippen LogP contribution in [0.15, 0.2) is 54.1 Å². The van der Waals surface area contributed by atoms with Gasteiger partial charge in [0.25, 0.3) is 5.91 Å². The summed E-state index contributed by atoms with van der Waals surface area (Å²) < 4.78 is 5.10. The molecule has 1 N–H and O–H groups in total. The number of ether oxygens (including phenoxy) is 1. The maximum absolute atomic E-state index is 12.4. The van der Waals surface area contributed by atoms with Crippen LogP contribution in [0.1, 0.15) is 24.8 Å². The maximum Gasteiger partial charge on any atom is 0.266 e. The van der Waals surface area contributed by atoms with E-state index >= 15 is 0 Å². The fraction of sp³-hybridized carbons (Fsp3) is 0.273. The third kappa shape index (κ3) is 4.89. The van der Waals surface area contributed by atoms with Crippen LogP contribution >= 0.6 is 0 Å². The molecule has 2 aromatic carbocycles. The van der Waals surface area contributed by atoms with Crippen molar-refractivity contribution >= 4 is 23.4 Å². The molecule has 0 atom stereocenters. The van der Waals surface area contributed by atoms with Gasteiger partial charge < -0.3 is 15.0 Å². The number of hydrogen-bond donors (Lipinski definition) is 1. The van der Waals surface area contributed by atoms with E-state index < -0.39 is 5.91 Å². The molecule has 0 saturated carbocycles. The Bertz CT molecular complexity index is 843. The number of anilines is 2. The summed E-state index contributed by atoms with van der Waals surface area (Å²) in [6.45, 7) is 2.17. The van der Waals surface area contributed by atoms with Crippen molar-refractivity contribution < 1.29 is 9.53 Å². The van der Waals surface area contributed by atoms with Crippen LogP contribution in [0.2, 0.25) is 0 Å². The minimum Gasteiger partial charge on any atom is -0.497 e. The summed E-state index contributed by atoms with van der Waals surface area (Å²) in [5, 5.41) is 12.1. The number of rotatable bonds is 5.